The summed E-state index contributed by atoms with van der Waals surface area (Å²) < 4.78 is 0. The maximum absolute atomic E-state index is 8.76. The van der Waals surface area contributed by atoms with Crippen LogP contribution in [0.3, 0.4) is 0 Å². The number of unbranched alkanes of at least 4 members (excludes halogenated alkanes) is 1. The van der Waals surface area contributed by atoms with Crippen LogP contribution in [0.2, 0.25) is 0 Å². The molecule has 0 aromatic carbocycles. The van der Waals surface area contributed by atoms with Crippen LogP contribution < -0.4 is 4.90 Å². The maximum Gasteiger partial charge on any atom is 0.142 e. The molecule has 15 heavy (non-hydrogen) atoms. The topological polar surface area (TPSA) is 39.9 Å². The first-order chi connectivity index (χ1) is 7.31. The number of pyridine rings is 1. The van der Waals surface area contributed by atoms with Crippen LogP contribution in [0.1, 0.15) is 32.4 Å². The molecule has 3 heteroatoms. The quantitative estimate of drug-likeness (QED) is 0.738. The highest BCUT2D eigenvalue weighted by Gasteiger charge is 2.05. The fraction of sp³-hybridized carbons (Fsp3) is 0.500. The Kier molecular flexibility index (Phi) is 4.62. The summed E-state index contributed by atoms with van der Waals surface area (Å²) in [5.41, 5.74) is 0.488. The molecule has 0 aliphatic heterocycles. The third kappa shape index (κ3) is 3.25. The zero-order valence-electron chi connectivity index (χ0n) is 9.40. The standard InChI is InChI=1S/C12H17N3/c1-3-5-9-15(4-2)12-8-6-7-11(10-13)14-12/h6-8H,3-5,9H2,1-2H3. The molecule has 0 bridgehead atoms. The molecule has 1 aromatic heterocycles. The molecule has 0 unspecified atom stereocenters. The van der Waals surface area contributed by atoms with E-state index in [-0.39, 0.29) is 0 Å². The van der Waals surface area contributed by atoms with Crippen molar-refractivity contribution in [3.05, 3.63) is 23.9 Å². The van der Waals surface area contributed by atoms with Gasteiger partial charge in [0.15, 0.2) is 0 Å². The van der Waals surface area contributed by atoms with Gasteiger partial charge in [-0.15, -0.1) is 0 Å². The molecule has 0 saturated carbocycles. The van der Waals surface area contributed by atoms with Crippen molar-refractivity contribution in [3.8, 4) is 6.07 Å². The summed E-state index contributed by atoms with van der Waals surface area (Å²) >= 11 is 0. The Labute approximate surface area is 91.4 Å². The molecule has 0 fully saturated rings. The lowest BCUT2D eigenvalue weighted by molar-refractivity contribution is 0.724. The predicted molar refractivity (Wildman–Crippen MR) is 61.7 cm³/mol. The van der Waals surface area contributed by atoms with E-state index < -0.39 is 0 Å². The third-order valence-electron chi connectivity index (χ3n) is 2.34. The van der Waals surface area contributed by atoms with Crippen LogP contribution in [0, 0.1) is 11.3 Å². The van der Waals surface area contributed by atoms with E-state index in [0.717, 1.165) is 25.3 Å². The van der Waals surface area contributed by atoms with Crippen LogP contribution in [-0.2, 0) is 0 Å². The summed E-state index contributed by atoms with van der Waals surface area (Å²) in [6.07, 6.45) is 2.33. The number of aromatic nitrogens is 1. The average Bonchev–Trinajstić information content (AvgIpc) is 2.30. The molecule has 0 N–H and O–H groups in total. The largest absolute Gasteiger partial charge is 0.357 e. The highest BCUT2D eigenvalue weighted by molar-refractivity contribution is 5.41. The van der Waals surface area contributed by atoms with E-state index in [1.807, 2.05) is 12.1 Å². The number of anilines is 1. The molecule has 0 saturated heterocycles. The summed E-state index contributed by atoms with van der Waals surface area (Å²) in [4.78, 5) is 6.48. The molecule has 0 aliphatic carbocycles. The lowest BCUT2D eigenvalue weighted by atomic mass is 10.3. The molecule has 0 radical (unpaired) electrons. The molecule has 0 spiro atoms. The van der Waals surface area contributed by atoms with Gasteiger partial charge in [0.2, 0.25) is 0 Å². The van der Waals surface area contributed by atoms with Crippen molar-refractivity contribution in [2.45, 2.75) is 26.7 Å². The summed E-state index contributed by atoms with van der Waals surface area (Å²) in [6.45, 7) is 6.22. The Morgan fingerprint density at radius 1 is 1.40 bits per heavy atom. The average molecular weight is 203 g/mol. The predicted octanol–water partition coefficient (Wildman–Crippen LogP) is 2.58. The first-order valence-electron chi connectivity index (χ1n) is 5.44. The van der Waals surface area contributed by atoms with E-state index >= 15 is 0 Å². The minimum atomic E-state index is 0.488. The minimum Gasteiger partial charge on any atom is -0.357 e. The Hall–Kier alpha value is -1.56. The number of hydrogen-bond acceptors (Lipinski definition) is 3. The van der Waals surface area contributed by atoms with Gasteiger partial charge < -0.3 is 4.90 Å². The van der Waals surface area contributed by atoms with Crippen LogP contribution in [0.4, 0.5) is 5.82 Å². The van der Waals surface area contributed by atoms with Crippen LogP contribution >= 0.6 is 0 Å². The van der Waals surface area contributed by atoms with Crippen molar-refractivity contribution < 1.29 is 0 Å². The van der Waals surface area contributed by atoms with E-state index in [1.54, 1.807) is 6.07 Å². The van der Waals surface area contributed by atoms with Gasteiger partial charge in [-0.25, -0.2) is 4.98 Å². The first kappa shape index (κ1) is 11.5. The van der Waals surface area contributed by atoms with Crippen LogP contribution in [0.5, 0.6) is 0 Å². The van der Waals surface area contributed by atoms with Gasteiger partial charge >= 0.3 is 0 Å². The third-order valence-corrected chi connectivity index (χ3v) is 2.34. The fourth-order valence-electron chi connectivity index (χ4n) is 1.45. The van der Waals surface area contributed by atoms with Gasteiger partial charge in [0.25, 0.3) is 0 Å². The Morgan fingerprint density at radius 3 is 2.80 bits per heavy atom. The summed E-state index contributed by atoms with van der Waals surface area (Å²) in [7, 11) is 0. The molecule has 3 nitrogen and oxygen atoms in total. The van der Waals surface area contributed by atoms with E-state index in [0.29, 0.717) is 5.69 Å². The van der Waals surface area contributed by atoms with Crippen LogP contribution in [0.15, 0.2) is 18.2 Å². The molecule has 80 valence electrons. The molecule has 0 atom stereocenters. The molecule has 1 heterocycles. The number of hydrogen-bond donors (Lipinski definition) is 0. The highest BCUT2D eigenvalue weighted by Crippen LogP contribution is 2.11. The normalized spacial score (nSPS) is 9.67. The van der Waals surface area contributed by atoms with Gasteiger partial charge in [-0.05, 0) is 25.5 Å². The number of nitriles is 1. The SMILES string of the molecule is CCCCN(CC)c1cccc(C#N)n1. The lowest BCUT2D eigenvalue weighted by Gasteiger charge is -2.21. The van der Waals surface area contributed by atoms with E-state index in [9.17, 15) is 0 Å². The Bertz CT molecular complexity index is 341. The fourth-order valence-corrected chi connectivity index (χ4v) is 1.45. The summed E-state index contributed by atoms with van der Waals surface area (Å²) in [5.74, 6) is 0.907. The first-order valence-corrected chi connectivity index (χ1v) is 5.44. The van der Waals surface area contributed by atoms with Crippen LogP contribution in [-0.4, -0.2) is 18.1 Å². The van der Waals surface area contributed by atoms with Crippen molar-refractivity contribution in [2.24, 2.45) is 0 Å². The van der Waals surface area contributed by atoms with Crippen molar-refractivity contribution in [1.29, 1.82) is 5.26 Å². The Morgan fingerprint density at radius 2 is 2.20 bits per heavy atom. The van der Waals surface area contributed by atoms with E-state index in [2.05, 4.69) is 29.8 Å². The van der Waals surface area contributed by atoms with Crippen LogP contribution in [0.25, 0.3) is 0 Å². The van der Waals surface area contributed by atoms with E-state index in [4.69, 9.17) is 5.26 Å². The minimum absolute atomic E-state index is 0.488. The number of nitrogens with zero attached hydrogens (tertiary/aromatic N) is 3. The zero-order chi connectivity index (χ0) is 11.1. The van der Waals surface area contributed by atoms with Gasteiger partial charge in [-0.2, -0.15) is 5.26 Å². The second-order valence-electron chi connectivity index (χ2n) is 3.43. The van der Waals surface area contributed by atoms with Gasteiger partial charge in [0.1, 0.15) is 17.6 Å². The molecule has 1 rings (SSSR count). The smallest absolute Gasteiger partial charge is 0.142 e. The highest BCUT2D eigenvalue weighted by atomic mass is 15.2. The molecular formula is C12H17N3. The van der Waals surface area contributed by atoms with Gasteiger partial charge in [-0.3, -0.25) is 0 Å². The molecular weight excluding hydrogens is 186 g/mol. The van der Waals surface area contributed by atoms with Crippen molar-refractivity contribution in [3.63, 3.8) is 0 Å². The van der Waals surface area contributed by atoms with Gasteiger partial charge in [0.05, 0.1) is 0 Å². The van der Waals surface area contributed by atoms with Gasteiger partial charge in [-0.1, -0.05) is 19.4 Å². The number of rotatable bonds is 5. The zero-order valence-corrected chi connectivity index (χ0v) is 9.40. The summed E-state index contributed by atoms with van der Waals surface area (Å²) in [5, 5.41) is 8.76. The molecule has 0 amide bonds. The summed E-state index contributed by atoms with van der Waals surface area (Å²) in [6, 6.07) is 7.64. The lowest BCUT2D eigenvalue weighted by Crippen LogP contribution is -2.24. The van der Waals surface area contributed by atoms with Crippen molar-refractivity contribution in [1.82, 2.24) is 4.98 Å². The Balaban J connectivity index is 2.78. The van der Waals surface area contributed by atoms with E-state index in [1.165, 1.54) is 6.42 Å². The van der Waals surface area contributed by atoms with Crippen molar-refractivity contribution >= 4 is 5.82 Å². The maximum atomic E-state index is 8.76. The second kappa shape index (κ2) is 6.02. The van der Waals surface area contributed by atoms with Crippen molar-refractivity contribution in [2.75, 3.05) is 18.0 Å². The second-order valence-corrected chi connectivity index (χ2v) is 3.43. The molecule has 0 aliphatic rings. The molecule has 1 aromatic rings. The van der Waals surface area contributed by atoms with Gasteiger partial charge in [0, 0.05) is 13.1 Å². The monoisotopic (exact) mass is 203 g/mol.